The molecule has 0 saturated heterocycles. The molecule has 10 nitrogen and oxygen atoms in total. The first-order valence-corrected chi connectivity index (χ1v) is 13.7. The number of ether oxygens (including phenoxy) is 4. The summed E-state index contributed by atoms with van der Waals surface area (Å²) in [7, 11) is 1.44. The maximum Gasteiger partial charge on any atom is 0.348 e. The van der Waals surface area contributed by atoms with E-state index in [0.29, 0.717) is 33.1 Å². The molecule has 3 rings (SSSR count). The van der Waals surface area contributed by atoms with E-state index in [9.17, 15) is 29.5 Å². The van der Waals surface area contributed by atoms with Gasteiger partial charge in [-0.2, -0.15) is 5.26 Å². The number of nitriles is 1. The second-order valence-corrected chi connectivity index (χ2v) is 9.87. The minimum Gasteiger partial charge on any atom is -0.493 e. The van der Waals surface area contributed by atoms with Gasteiger partial charge in [-0.05, 0) is 67.8 Å². The monoisotopic (exact) mass is 591 g/mol. The number of Topliss-reactive ketones (excluding diaryl/α,β-unsaturated/α-hetero) is 1. The van der Waals surface area contributed by atoms with Gasteiger partial charge in [-0.1, -0.05) is 18.2 Å². The van der Waals surface area contributed by atoms with E-state index in [0.717, 1.165) is 11.3 Å². The van der Waals surface area contributed by atoms with Gasteiger partial charge in [-0.15, -0.1) is 11.3 Å². The predicted octanol–water partition coefficient (Wildman–Crippen LogP) is 5.41. The van der Waals surface area contributed by atoms with Gasteiger partial charge in [0, 0.05) is 11.3 Å². The Balaban J connectivity index is 1.85. The highest BCUT2D eigenvalue weighted by atomic mass is 32.1. The molecule has 0 amide bonds. The largest absolute Gasteiger partial charge is 0.493 e. The molecule has 42 heavy (non-hydrogen) atoms. The van der Waals surface area contributed by atoms with Gasteiger partial charge in [-0.25, -0.2) is 14.4 Å². The van der Waals surface area contributed by atoms with Gasteiger partial charge in [-0.3, -0.25) is 4.79 Å². The van der Waals surface area contributed by atoms with E-state index in [1.807, 2.05) is 6.07 Å². The summed E-state index contributed by atoms with van der Waals surface area (Å²) in [6.07, 6.45) is 1.09. The van der Waals surface area contributed by atoms with E-state index in [-0.39, 0.29) is 47.8 Å². The summed E-state index contributed by atoms with van der Waals surface area (Å²) in [4.78, 5) is 50.0. The maximum atomic E-state index is 13.2. The summed E-state index contributed by atoms with van der Waals surface area (Å²) in [5.74, 6) is -2.16. The molecule has 1 N–H and O–H groups in total. The summed E-state index contributed by atoms with van der Waals surface area (Å²) in [5.41, 5.74) is 1.58. The smallest absolute Gasteiger partial charge is 0.348 e. The number of carbonyl (C=O) groups is 4. The average Bonchev–Trinajstić information content (AvgIpc) is 3.30. The summed E-state index contributed by atoms with van der Waals surface area (Å²) >= 11 is 0.963. The molecule has 0 bridgehead atoms. The van der Waals surface area contributed by atoms with Crippen LogP contribution in [-0.2, 0) is 27.3 Å². The van der Waals surface area contributed by atoms with Crippen molar-refractivity contribution in [2.75, 3.05) is 20.3 Å². The van der Waals surface area contributed by atoms with Gasteiger partial charge in [0.1, 0.15) is 17.6 Å². The zero-order valence-electron chi connectivity index (χ0n) is 23.5. The van der Waals surface area contributed by atoms with Crippen LogP contribution in [0.4, 0.5) is 0 Å². The van der Waals surface area contributed by atoms with Crippen LogP contribution in [-0.4, -0.2) is 49.1 Å². The summed E-state index contributed by atoms with van der Waals surface area (Å²) in [6.45, 7) is 5.24. The first kappa shape index (κ1) is 31.6. The van der Waals surface area contributed by atoms with Crippen LogP contribution in [0.15, 0.2) is 48.0 Å². The summed E-state index contributed by atoms with van der Waals surface area (Å²) in [6, 6.07) is 13.1. The number of hydrogen-bond donors (Lipinski definition) is 1. The van der Waals surface area contributed by atoms with Crippen LogP contribution in [0.3, 0.4) is 0 Å². The fourth-order valence-corrected chi connectivity index (χ4v) is 5.18. The molecule has 0 aliphatic heterocycles. The fourth-order valence-electron chi connectivity index (χ4n) is 3.99. The Morgan fingerprint density at radius 1 is 1.00 bits per heavy atom. The molecule has 0 aliphatic rings. The standard InChI is InChI=1S/C31H29NO9S/c1-5-39-30(36)27-18(3)28(31(37)40-6-2)42-26(27)15-23(33)22(16-32)12-19-10-11-24(25(14-19)38-4)41-17-20-8-7-9-21(13-20)29(34)35/h7-14H,5-6,15,17H2,1-4H3,(H,34,35)/b22-12+. The topological polar surface area (TPSA) is 149 Å². The molecule has 1 aromatic heterocycles. The number of carbonyl (C=O) groups excluding carboxylic acids is 3. The number of carboxylic acids is 1. The van der Waals surface area contributed by atoms with Crippen LogP contribution in [0.25, 0.3) is 6.08 Å². The van der Waals surface area contributed by atoms with E-state index in [2.05, 4.69) is 0 Å². The Labute approximate surface area is 246 Å². The van der Waals surface area contributed by atoms with Gasteiger partial charge >= 0.3 is 17.9 Å². The van der Waals surface area contributed by atoms with Crippen LogP contribution in [0.2, 0.25) is 0 Å². The zero-order chi connectivity index (χ0) is 30.8. The highest BCUT2D eigenvalue weighted by molar-refractivity contribution is 7.14. The highest BCUT2D eigenvalue weighted by Gasteiger charge is 2.28. The SMILES string of the molecule is CCOC(=O)c1sc(CC(=O)/C(C#N)=C/c2ccc(OCc3cccc(C(=O)O)c3)c(OC)c2)c(C(=O)OCC)c1C. The van der Waals surface area contributed by atoms with Gasteiger partial charge in [0.2, 0.25) is 0 Å². The molecule has 1 heterocycles. The molecule has 0 radical (unpaired) electrons. The number of carboxylic acid groups (broad SMARTS) is 1. The lowest BCUT2D eigenvalue weighted by molar-refractivity contribution is -0.114. The minimum atomic E-state index is -1.04. The molecule has 0 unspecified atom stereocenters. The number of allylic oxidation sites excluding steroid dienone is 1. The first-order chi connectivity index (χ1) is 20.1. The van der Waals surface area contributed by atoms with Crippen molar-refractivity contribution in [2.24, 2.45) is 0 Å². The van der Waals surface area contributed by atoms with Crippen molar-refractivity contribution in [3.8, 4) is 17.6 Å². The zero-order valence-corrected chi connectivity index (χ0v) is 24.3. The first-order valence-electron chi connectivity index (χ1n) is 12.9. The highest BCUT2D eigenvalue weighted by Crippen LogP contribution is 2.32. The van der Waals surface area contributed by atoms with Crippen LogP contribution in [0.5, 0.6) is 11.5 Å². The van der Waals surface area contributed by atoms with Crippen molar-refractivity contribution in [3.05, 3.63) is 85.6 Å². The number of methoxy groups -OCH3 is 1. The van der Waals surface area contributed by atoms with E-state index in [4.69, 9.17) is 18.9 Å². The molecule has 3 aromatic rings. The van der Waals surface area contributed by atoms with Crippen LogP contribution < -0.4 is 9.47 Å². The summed E-state index contributed by atoms with van der Waals surface area (Å²) in [5, 5.41) is 19.0. The second kappa shape index (κ2) is 14.6. The average molecular weight is 592 g/mol. The van der Waals surface area contributed by atoms with Crippen LogP contribution in [0, 0.1) is 18.3 Å². The number of benzene rings is 2. The molecule has 0 spiro atoms. The van der Waals surface area contributed by atoms with Crippen molar-refractivity contribution in [2.45, 2.75) is 33.8 Å². The lowest BCUT2D eigenvalue weighted by atomic mass is 10.0. The number of aromatic carboxylic acids is 1. The molecule has 0 atom stereocenters. The Morgan fingerprint density at radius 3 is 2.36 bits per heavy atom. The van der Waals surface area contributed by atoms with Gasteiger partial charge < -0.3 is 24.1 Å². The maximum absolute atomic E-state index is 13.2. The number of ketones is 1. The van der Waals surface area contributed by atoms with Crippen LogP contribution in [0.1, 0.15) is 65.8 Å². The lowest BCUT2D eigenvalue weighted by Gasteiger charge is -2.12. The molecular formula is C31H29NO9S. The molecule has 2 aromatic carbocycles. The van der Waals surface area contributed by atoms with E-state index in [1.165, 1.54) is 25.3 Å². The molecule has 218 valence electrons. The van der Waals surface area contributed by atoms with E-state index < -0.39 is 23.7 Å². The number of esters is 2. The third-order valence-electron chi connectivity index (χ3n) is 5.97. The van der Waals surface area contributed by atoms with E-state index >= 15 is 0 Å². The Morgan fingerprint density at radius 2 is 1.71 bits per heavy atom. The van der Waals surface area contributed by atoms with E-state index in [1.54, 1.807) is 51.1 Å². The number of nitrogens with zero attached hydrogens (tertiary/aromatic N) is 1. The molecule has 11 heteroatoms. The lowest BCUT2D eigenvalue weighted by Crippen LogP contribution is -2.12. The predicted molar refractivity (Wildman–Crippen MR) is 154 cm³/mol. The second-order valence-electron chi connectivity index (χ2n) is 8.77. The van der Waals surface area contributed by atoms with Gasteiger partial charge in [0.15, 0.2) is 17.3 Å². The van der Waals surface area contributed by atoms with Crippen molar-refractivity contribution < 1.29 is 43.2 Å². The number of hydrogen-bond acceptors (Lipinski definition) is 10. The Hall–Kier alpha value is -4.95. The minimum absolute atomic E-state index is 0.0887. The number of thiophene rings is 1. The summed E-state index contributed by atoms with van der Waals surface area (Å²) < 4.78 is 21.5. The quantitative estimate of drug-likeness (QED) is 0.155. The fraction of sp³-hybridized carbons (Fsp3) is 0.258. The third kappa shape index (κ3) is 7.62. The molecule has 0 saturated carbocycles. The van der Waals surface area contributed by atoms with Crippen molar-refractivity contribution in [3.63, 3.8) is 0 Å². The number of rotatable bonds is 13. The van der Waals surface area contributed by atoms with Crippen LogP contribution >= 0.6 is 11.3 Å². The van der Waals surface area contributed by atoms with Crippen molar-refractivity contribution in [1.29, 1.82) is 5.26 Å². The normalized spacial score (nSPS) is 10.9. The molecule has 0 fully saturated rings. The van der Waals surface area contributed by atoms with Gasteiger partial charge in [0.05, 0.1) is 37.0 Å². The van der Waals surface area contributed by atoms with Crippen molar-refractivity contribution in [1.82, 2.24) is 0 Å². The molecule has 0 aliphatic carbocycles. The Bertz CT molecular complexity index is 1580. The van der Waals surface area contributed by atoms with Gasteiger partial charge in [0.25, 0.3) is 0 Å². The third-order valence-corrected chi connectivity index (χ3v) is 7.24. The molecular weight excluding hydrogens is 562 g/mol. The Kier molecular flexibility index (Phi) is 11.0. The van der Waals surface area contributed by atoms with Crippen molar-refractivity contribution >= 4 is 41.1 Å².